The fraction of sp³-hybridized carbons (Fsp3) is 0.333. The molecule has 28 heavy (non-hydrogen) atoms. The molecule has 0 spiro atoms. The molecule has 0 aliphatic heterocycles. The number of rotatable bonds is 6. The summed E-state index contributed by atoms with van der Waals surface area (Å²) in [5.74, 6) is 0.921. The Bertz CT molecular complexity index is 1100. The summed E-state index contributed by atoms with van der Waals surface area (Å²) >= 11 is 0. The predicted octanol–water partition coefficient (Wildman–Crippen LogP) is 3.83. The Kier molecular flexibility index (Phi) is 5.67. The maximum atomic E-state index is 13.0. The molecule has 0 fully saturated rings. The summed E-state index contributed by atoms with van der Waals surface area (Å²) in [4.78, 5) is 4.73. The van der Waals surface area contributed by atoms with E-state index >= 15 is 0 Å². The van der Waals surface area contributed by atoms with E-state index in [0.717, 1.165) is 27.8 Å². The van der Waals surface area contributed by atoms with Gasteiger partial charge in [-0.05, 0) is 62.6 Å². The highest BCUT2D eigenvalue weighted by atomic mass is 32.2. The molecule has 0 amide bonds. The zero-order valence-electron chi connectivity index (χ0n) is 16.9. The number of hydrogen-bond acceptors (Lipinski definition) is 5. The summed E-state index contributed by atoms with van der Waals surface area (Å²) in [6.07, 6.45) is 0.370. The van der Waals surface area contributed by atoms with Gasteiger partial charge in [-0.25, -0.2) is 12.7 Å². The summed E-state index contributed by atoms with van der Waals surface area (Å²) in [5, 5.41) is 3.98. The van der Waals surface area contributed by atoms with E-state index in [4.69, 9.17) is 4.52 Å². The van der Waals surface area contributed by atoms with Gasteiger partial charge in [-0.2, -0.15) is 4.98 Å². The summed E-state index contributed by atoms with van der Waals surface area (Å²) in [5.41, 5.74) is 4.74. The van der Waals surface area contributed by atoms with Crippen LogP contribution < -0.4 is 0 Å². The Morgan fingerprint density at radius 1 is 1.00 bits per heavy atom. The van der Waals surface area contributed by atoms with Crippen molar-refractivity contribution in [1.82, 2.24) is 14.4 Å². The van der Waals surface area contributed by atoms with E-state index in [0.29, 0.717) is 23.0 Å². The van der Waals surface area contributed by atoms with Crippen LogP contribution in [0.15, 0.2) is 45.8 Å². The highest BCUT2D eigenvalue weighted by Gasteiger charge is 2.24. The van der Waals surface area contributed by atoms with Crippen molar-refractivity contribution >= 4 is 10.0 Å². The van der Waals surface area contributed by atoms with Crippen LogP contribution in [-0.4, -0.2) is 36.5 Å². The van der Waals surface area contributed by atoms with Crippen LogP contribution in [0.5, 0.6) is 0 Å². The van der Waals surface area contributed by atoms with E-state index in [2.05, 4.69) is 10.1 Å². The highest BCUT2D eigenvalue weighted by Crippen LogP contribution is 2.23. The molecule has 3 aromatic rings. The number of aromatic nitrogens is 2. The molecule has 0 N–H and O–H groups in total. The average molecular weight is 400 g/mol. The molecule has 0 unspecified atom stereocenters. The van der Waals surface area contributed by atoms with Gasteiger partial charge in [0.2, 0.25) is 10.0 Å². The second-order valence-corrected chi connectivity index (χ2v) is 9.18. The van der Waals surface area contributed by atoms with Gasteiger partial charge < -0.3 is 4.52 Å². The zero-order valence-corrected chi connectivity index (χ0v) is 17.7. The third-order valence-electron chi connectivity index (χ3n) is 4.86. The molecule has 2 aromatic carbocycles. The first-order valence-corrected chi connectivity index (χ1v) is 10.6. The summed E-state index contributed by atoms with van der Waals surface area (Å²) in [7, 11) is -2.01. The number of likely N-dealkylation sites (N-methyl/N-ethyl adjacent to an activating group) is 1. The molecule has 7 heteroatoms. The maximum Gasteiger partial charge on any atom is 0.257 e. The van der Waals surface area contributed by atoms with Crippen molar-refractivity contribution in [3.8, 4) is 11.5 Å². The molecule has 1 aromatic heterocycles. The van der Waals surface area contributed by atoms with Crippen LogP contribution in [0.4, 0.5) is 0 Å². The molecule has 3 rings (SSSR count). The van der Waals surface area contributed by atoms with Gasteiger partial charge in [0, 0.05) is 25.6 Å². The quantitative estimate of drug-likeness (QED) is 0.629. The smallest absolute Gasteiger partial charge is 0.257 e. The van der Waals surface area contributed by atoms with E-state index in [9.17, 15) is 8.42 Å². The normalized spacial score (nSPS) is 11.9. The minimum Gasteiger partial charge on any atom is -0.334 e. The molecule has 0 aliphatic carbocycles. The van der Waals surface area contributed by atoms with Crippen LogP contribution in [0, 0.1) is 27.7 Å². The Hall–Kier alpha value is -2.51. The van der Waals surface area contributed by atoms with Gasteiger partial charge in [-0.3, -0.25) is 0 Å². The average Bonchev–Trinajstić information content (AvgIpc) is 3.11. The molecular formula is C21H25N3O3S. The molecule has 0 saturated carbocycles. The topological polar surface area (TPSA) is 76.3 Å². The van der Waals surface area contributed by atoms with Crippen molar-refractivity contribution in [3.05, 3.63) is 64.5 Å². The molecular weight excluding hydrogens is 374 g/mol. The van der Waals surface area contributed by atoms with Gasteiger partial charge in [0.15, 0.2) is 5.82 Å². The van der Waals surface area contributed by atoms with E-state index in [1.807, 2.05) is 58.0 Å². The van der Waals surface area contributed by atoms with Crippen LogP contribution in [0.1, 0.15) is 28.1 Å². The third kappa shape index (κ3) is 4.15. The Labute approximate surface area is 166 Å². The number of hydrogen-bond donors (Lipinski definition) is 0. The molecule has 0 bridgehead atoms. The van der Waals surface area contributed by atoms with Crippen molar-refractivity contribution in [3.63, 3.8) is 0 Å². The van der Waals surface area contributed by atoms with Crippen LogP contribution in [0.25, 0.3) is 11.5 Å². The fourth-order valence-electron chi connectivity index (χ4n) is 3.01. The van der Waals surface area contributed by atoms with Crippen LogP contribution in [0.3, 0.4) is 0 Å². The van der Waals surface area contributed by atoms with Gasteiger partial charge in [0.05, 0.1) is 4.90 Å². The molecule has 1 heterocycles. The number of sulfonamides is 1. The molecule has 0 saturated heterocycles. The van der Waals surface area contributed by atoms with Crippen molar-refractivity contribution in [2.75, 3.05) is 13.6 Å². The fourth-order valence-corrected chi connectivity index (χ4v) is 4.47. The predicted molar refractivity (Wildman–Crippen MR) is 109 cm³/mol. The van der Waals surface area contributed by atoms with Gasteiger partial charge in [-0.15, -0.1) is 0 Å². The van der Waals surface area contributed by atoms with Gasteiger partial charge in [0.1, 0.15) is 0 Å². The number of benzene rings is 2. The summed E-state index contributed by atoms with van der Waals surface area (Å²) in [6, 6.07) is 11.4. The highest BCUT2D eigenvalue weighted by molar-refractivity contribution is 7.89. The minimum atomic E-state index is -3.58. The van der Waals surface area contributed by atoms with Crippen molar-refractivity contribution in [2.24, 2.45) is 0 Å². The third-order valence-corrected chi connectivity index (χ3v) is 6.86. The molecule has 6 nitrogen and oxygen atoms in total. The lowest BCUT2D eigenvalue weighted by atomic mass is 10.1. The van der Waals surface area contributed by atoms with Crippen LogP contribution in [0.2, 0.25) is 0 Å². The second-order valence-electron chi connectivity index (χ2n) is 7.16. The Morgan fingerprint density at radius 3 is 2.43 bits per heavy atom. The van der Waals surface area contributed by atoms with Gasteiger partial charge in [0.25, 0.3) is 5.89 Å². The van der Waals surface area contributed by atoms with Crippen LogP contribution in [-0.2, 0) is 16.4 Å². The SMILES string of the molecule is Cc1cccc(-c2nc(CCN(C)S(=O)(=O)c3cc(C)c(C)cc3C)no2)c1. The Balaban J connectivity index is 1.74. The Morgan fingerprint density at radius 2 is 1.71 bits per heavy atom. The number of nitrogens with zero attached hydrogens (tertiary/aromatic N) is 3. The lowest BCUT2D eigenvalue weighted by molar-refractivity contribution is 0.415. The zero-order chi connectivity index (χ0) is 20.5. The van der Waals surface area contributed by atoms with Crippen molar-refractivity contribution in [2.45, 2.75) is 39.0 Å². The van der Waals surface area contributed by atoms with Crippen molar-refractivity contribution < 1.29 is 12.9 Å². The van der Waals surface area contributed by atoms with Gasteiger partial charge >= 0.3 is 0 Å². The van der Waals surface area contributed by atoms with E-state index in [1.54, 1.807) is 13.1 Å². The summed E-state index contributed by atoms with van der Waals surface area (Å²) < 4.78 is 32.6. The first-order chi connectivity index (χ1) is 13.2. The molecule has 148 valence electrons. The number of aryl methyl sites for hydroxylation is 4. The van der Waals surface area contributed by atoms with E-state index < -0.39 is 10.0 Å². The van der Waals surface area contributed by atoms with E-state index in [-0.39, 0.29) is 6.54 Å². The van der Waals surface area contributed by atoms with Crippen LogP contribution >= 0.6 is 0 Å². The van der Waals surface area contributed by atoms with Crippen molar-refractivity contribution in [1.29, 1.82) is 0 Å². The van der Waals surface area contributed by atoms with Gasteiger partial charge in [-0.1, -0.05) is 28.9 Å². The monoisotopic (exact) mass is 399 g/mol. The molecule has 0 radical (unpaired) electrons. The summed E-state index contributed by atoms with van der Waals surface area (Å²) in [6.45, 7) is 7.97. The minimum absolute atomic E-state index is 0.265. The second kappa shape index (κ2) is 7.85. The lowest BCUT2D eigenvalue weighted by Crippen LogP contribution is -2.30. The molecule has 0 aliphatic rings. The largest absolute Gasteiger partial charge is 0.334 e. The first-order valence-electron chi connectivity index (χ1n) is 9.12. The lowest BCUT2D eigenvalue weighted by Gasteiger charge is -2.19. The van der Waals surface area contributed by atoms with E-state index in [1.165, 1.54) is 4.31 Å². The first kappa shape index (κ1) is 20.2. The standard InChI is InChI=1S/C21H25N3O3S/c1-14-7-6-8-18(11-14)21-22-20(23-27-21)9-10-24(5)28(25,26)19-13-16(3)15(2)12-17(19)4/h6-8,11-13H,9-10H2,1-5H3. The maximum absolute atomic E-state index is 13.0. The molecule has 0 atom stereocenters.